The molecule has 0 aliphatic carbocycles. The first kappa shape index (κ1) is 17.0. The van der Waals surface area contributed by atoms with Crippen molar-refractivity contribution in [3.63, 3.8) is 0 Å². The molecular formula is C16H10ClN3O4S. The van der Waals surface area contributed by atoms with E-state index in [4.69, 9.17) is 11.6 Å². The number of nitrogens with one attached hydrogen (secondary N) is 1. The zero-order valence-electron chi connectivity index (χ0n) is 12.5. The van der Waals surface area contributed by atoms with E-state index in [1.807, 2.05) is 0 Å². The quantitative estimate of drug-likeness (QED) is 0.481. The maximum atomic E-state index is 12.0. The molecule has 0 atom stereocenters. The van der Waals surface area contributed by atoms with Crippen molar-refractivity contribution in [3.8, 4) is 5.75 Å². The fraction of sp³-hybridized carbons (Fsp3) is 0. The molecule has 2 aromatic carbocycles. The average molecular weight is 376 g/mol. The van der Waals surface area contributed by atoms with Crippen molar-refractivity contribution in [1.29, 1.82) is 0 Å². The summed E-state index contributed by atoms with van der Waals surface area (Å²) in [5.74, 6) is -0.783. The topological polar surface area (TPSA) is 105 Å². The number of phenolic OH excluding ortho intramolecular Hbond substituents is 1. The Hall–Kier alpha value is -2.84. The number of phenols is 1. The summed E-state index contributed by atoms with van der Waals surface area (Å²) in [7, 11) is 0. The molecule has 0 radical (unpaired) electrons. The number of hydrogen-bond acceptors (Lipinski definition) is 6. The first-order valence-electron chi connectivity index (χ1n) is 6.95. The lowest BCUT2D eigenvalue weighted by Gasteiger charge is -1.98. The Kier molecular flexibility index (Phi) is 4.73. The number of hydrogen-bond donors (Lipinski definition) is 2. The average Bonchev–Trinajstić information content (AvgIpc) is 2.90. The third-order valence-corrected chi connectivity index (χ3v) is 4.36. The lowest BCUT2D eigenvalue weighted by molar-refractivity contribution is -0.385. The highest BCUT2D eigenvalue weighted by Gasteiger charge is 2.24. The predicted octanol–water partition coefficient (Wildman–Crippen LogP) is 3.85. The molecule has 25 heavy (non-hydrogen) atoms. The van der Waals surface area contributed by atoms with Crippen LogP contribution in [0.4, 0.5) is 11.4 Å². The van der Waals surface area contributed by atoms with E-state index in [1.54, 1.807) is 24.3 Å². The number of nitro benzene ring substituents is 1. The normalized spacial score (nSPS) is 17.1. The highest BCUT2D eigenvalue weighted by molar-refractivity contribution is 8.18. The van der Waals surface area contributed by atoms with Gasteiger partial charge in [-0.15, -0.1) is 0 Å². The van der Waals surface area contributed by atoms with E-state index in [2.05, 4.69) is 10.3 Å². The van der Waals surface area contributed by atoms with E-state index in [9.17, 15) is 20.0 Å². The molecule has 0 spiro atoms. The van der Waals surface area contributed by atoms with Crippen LogP contribution in [0, 0.1) is 10.1 Å². The van der Waals surface area contributed by atoms with Crippen LogP contribution in [-0.2, 0) is 4.79 Å². The fourth-order valence-electron chi connectivity index (χ4n) is 2.04. The summed E-state index contributed by atoms with van der Waals surface area (Å²) in [6, 6.07) is 10.7. The van der Waals surface area contributed by atoms with Crippen molar-refractivity contribution < 1.29 is 14.8 Å². The van der Waals surface area contributed by atoms with Crippen molar-refractivity contribution in [1.82, 2.24) is 5.32 Å². The number of thioether (sulfide) groups is 1. The summed E-state index contributed by atoms with van der Waals surface area (Å²) in [5, 5.41) is 23.9. The van der Waals surface area contributed by atoms with Crippen LogP contribution in [0.2, 0.25) is 5.02 Å². The number of carbonyl (C=O) groups is 1. The van der Waals surface area contributed by atoms with Gasteiger partial charge in [-0.05, 0) is 53.7 Å². The molecule has 0 aromatic heterocycles. The van der Waals surface area contributed by atoms with E-state index in [0.29, 0.717) is 26.3 Å². The van der Waals surface area contributed by atoms with Gasteiger partial charge in [0.2, 0.25) is 0 Å². The van der Waals surface area contributed by atoms with Crippen LogP contribution < -0.4 is 5.32 Å². The van der Waals surface area contributed by atoms with E-state index >= 15 is 0 Å². The van der Waals surface area contributed by atoms with Gasteiger partial charge in [-0.3, -0.25) is 14.9 Å². The van der Waals surface area contributed by atoms with E-state index in [-0.39, 0.29) is 5.91 Å². The van der Waals surface area contributed by atoms with Crippen LogP contribution in [0.25, 0.3) is 6.08 Å². The second-order valence-corrected chi connectivity index (χ2v) is 6.43. The van der Waals surface area contributed by atoms with Crippen molar-refractivity contribution in [2.45, 2.75) is 0 Å². The molecule has 9 heteroatoms. The van der Waals surface area contributed by atoms with Crippen LogP contribution in [-0.4, -0.2) is 21.1 Å². The molecule has 2 N–H and O–H groups in total. The Morgan fingerprint density at radius 2 is 1.96 bits per heavy atom. The van der Waals surface area contributed by atoms with Crippen molar-refractivity contribution >= 4 is 51.9 Å². The molecule has 0 unspecified atom stereocenters. The molecule has 2 aromatic rings. The van der Waals surface area contributed by atoms with E-state index < -0.39 is 16.4 Å². The van der Waals surface area contributed by atoms with Crippen molar-refractivity contribution in [2.24, 2.45) is 4.99 Å². The fourth-order valence-corrected chi connectivity index (χ4v) is 3.01. The molecule has 1 aliphatic rings. The van der Waals surface area contributed by atoms with Crippen molar-refractivity contribution in [2.75, 3.05) is 0 Å². The lowest BCUT2D eigenvalue weighted by Crippen LogP contribution is -2.19. The number of halogens is 1. The standard InChI is InChI=1S/C16H10ClN3O4S/c17-10-2-4-11(5-3-10)18-16-19-15(22)14(25-16)8-9-1-6-13(21)12(7-9)20(23)24/h1-8,21H,(H,18,19,22)/b14-8-. The first-order chi connectivity index (χ1) is 11.9. The first-order valence-corrected chi connectivity index (χ1v) is 8.14. The maximum Gasteiger partial charge on any atom is 0.311 e. The van der Waals surface area contributed by atoms with Crippen LogP contribution in [0.5, 0.6) is 5.75 Å². The molecule has 7 nitrogen and oxygen atoms in total. The maximum absolute atomic E-state index is 12.0. The zero-order valence-corrected chi connectivity index (χ0v) is 14.0. The second kappa shape index (κ2) is 6.96. The Labute approximate surface area is 151 Å². The third kappa shape index (κ3) is 3.98. The highest BCUT2D eigenvalue weighted by atomic mass is 35.5. The van der Waals surface area contributed by atoms with Gasteiger partial charge >= 0.3 is 5.69 Å². The lowest BCUT2D eigenvalue weighted by atomic mass is 10.1. The monoisotopic (exact) mass is 375 g/mol. The highest BCUT2D eigenvalue weighted by Crippen LogP contribution is 2.31. The van der Waals surface area contributed by atoms with E-state index in [1.165, 1.54) is 24.3 Å². The molecule has 0 saturated carbocycles. The molecule has 0 bridgehead atoms. The van der Waals surface area contributed by atoms with Crippen LogP contribution >= 0.6 is 23.4 Å². The smallest absolute Gasteiger partial charge is 0.311 e. The molecule has 1 heterocycles. The minimum Gasteiger partial charge on any atom is -0.502 e. The molecule has 126 valence electrons. The minimum absolute atomic E-state index is 0.340. The molecule has 3 rings (SSSR count). The van der Waals surface area contributed by atoms with Gasteiger partial charge in [0.1, 0.15) is 0 Å². The summed E-state index contributed by atoms with van der Waals surface area (Å²) in [4.78, 5) is 26.9. The van der Waals surface area contributed by atoms with Gasteiger partial charge in [-0.25, -0.2) is 4.99 Å². The van der Waals surface area contributed by atoms with Crippen LogP contribution in [0.15, 0.2) is 52.4 Å². The Morgan fingerprint density at radius 1 is 1.24 bits per heavy atom. The molecule has 1 saturated heterocycles. The van der Waals surface area contributed by atoms with Crippen LogP contribution in [0.1, 0.15) is 5.56 Å². The number of benzene rings is 2. The van der Waals surface area contributed by atoms with Gasteiger partial charge in [0, 0.05) is 11.1 Å². The number of nitro groups is 1. The SMILES string of the molecule is O=C1NC(=Nc2ccc(Cl)cc2)S/C1=C\c1ccc(O)c([N+](=O)[O-])c1. The number of aromatic hydroxyl groups is 1. The number of amides is 1. The molecule has 1 fully saturated rings. The summed E-state index contributed by atoms with van der Waals surface area (Å²) >= 11 is 6.93. The molecule has 1 aliphatic heterocycles. The Morgan fingerprint density at radius 3 is 2.64 bits per heavy atom. The van der Waals surface area contributed by atoms with Crippen molar-refractivity contribution in [3.05, 3.63) is 68.1 Å². The second-order valence-electron chi connectivity index (χ2n) is 4.96. The largest absolute Gasteiger partial charge is 0.502 e. The van der Waals surface area contributed by atoms with Crippen LogP contribution in [0.3, 0.4) is 0 Å². The van der Waals surface area contributed by atoms with Gasteiger partial charge in [-0.1, -0.05) is 17.7 Å². The Bertz CT molecular complexity index is 925. The van der Waals surface area contributed by atoms with Gasteiger partial charge in [0.15, 0.2) is 10.9 Å². The molecular weight excluding hydrogens is 366 g/mol. The summed E-state index contributed by atoms with van der Waals surface area (Å²) in [5.41, 5.74) is 0.636. The number of aliphatic imine (C=N–C) groups is 1. The molecule has 1 amide bonds. The van der Waals surface area contributed by atoms with Gasteiger partial charge < -0.3 is 10.4 Å². The predicted molar refractivity (Wildman–Crippen MR) is 97.0 cm³/mol. The van der Waals surface area contributed by atoms with Gasteiger partial charge in [-0.2, -0.15) is 0 Å². The number of amidine groups is 1. The number of rotatable bonds is 3. The van der Waals surface area contributed by atoms with Gasteiger partial charge in [0.05, 0.1) is 15.5 Å². The minimum atomic E-state index is -0.688. The third-order valence-electron chi connectivity index (χ3n) is 3.20. The summed E-state index contributed by atoms with van der Waals surface area (Å²) in [6.45, 7) is 0. The van der Waals surface area contributed by atoms with E-state index in [0.717, 1.165) is 11.8 Å². The summed E-state index contributed by atoms with van der Waals surface area (Å²) in [6.07, 6.45) is 1.50. The van der Waals surface area contributed by atoms with Gasteiger partial charge in [0.25, 0.3) is 5.91 Å². The summed E-state index contributed by atoms with van der Waals surface area (Å²) < 4.78 is 0. The number of nitrogens with zero attached hydrogens (tertiary/aromatic N) is 2. The Balaban J connectivity index is 1.85. The number of carbonyl (C=O) groups excluding carboxylic acids is 1. The zero-order chi connectivity index (χ0) is 18.0.